The molecule has 1 N–H and O–H groups in total. The minimum atomic E-state index is -0.251. The third-order valence-corrected chi connectivity index (χ3v) is 5.14. The van der Waals surface area contributed by atoms with Crippen LogP contribution in [-0.4, -0.2) is 27.7 Å². The highest BCUT2D eigenvalue weighted by molar-refractivity contribution is 7.99. The molecule has 0 bridgehead atoms. The zero-order chi connectivity index (χ0) is 11.4. The quantitative estimate of drug-likeness (QED) is 0.900. The molecule has 4 heteroatoms. The first-order chi connectivity index (χ1) is 7.74. The van der Waals surface area contributed by atoms with E-state index in [1.54, 1.807) is 11.3 Å². The molecule has 0 saturated carbocycles. The van der Waals surface area contributed by atoms with Crippen molar-refractivity contribution in [2.75, 3.05) is 11.5 Å². The van der Waals surface area contributed by atoms with Crippen LogP contribution < -0.4 is 0 Å². The first-order valence-corrected chi connectivity index (χ1v) is 7.90. The Kier molecular flexibility index (Phi) is 4.67. The molecule has 2 nitrogen and oxygen atoms in total. The first kappa shape index (κ1) is 12.4. The van der Waals surface area contributed by atoms with Gasteiger partial charge in [0.05, 0.1) is 11.1 Å². The van der Waals surface area contributed by atoms with E-state index < -0.39 is 0 Å². The number of aliphatic hydroxyl groups excluding tert-OH is 1. The van der Waals surface area contributed by atoms with Crippen molar-refractivity contribution >= 4 is 23.1 Å². The standard InChI is InChI=1S/C12H19NOS2/c1-9(14)5-11-7-13-12(16-11)6-10-3-2-4-15-8-10/h7,9-10,14H,2-6,8H2,1H3. The summed E-state index contributed by atoms with van der Waals surface area (Å²) in [7, 11) is 0. The smallest absolute Gasteiger partial charge is 0.0930 e. The van der Waals surface area contributed by atoms with Gasteiger partial charge in [-0.1, -0.05) is 0 Å². The lowest BCUT2D eigenvalue weighted by Crippen LogP contribution is -2.12. The Morgan fingerprint density at radius 1 is 1.62 bits per heavy atom. The average molecular weight is 257 g/mol. The van der Waals surface area contributed by atoms with Gasteiger partial charge in [-0.2, -0.15) is 11.8 Å². The second-order valence-corrected chi connectivity index (χ2v) is 6.91. The van der Waals surface area contributed by atoms with E-state index in [4.69, 9.17) is 0 Å². The minimum Gasteiger partial charge on any atom is -0.393 e. The molecule has 0 aliphatic carbocycles. The van der Waals surface area contributed by atoms with E-state index in [-0.39, 0.29) is 6.10 Å². The van der Waals surface area contributed by atoms with Crippen LogP contribution in [0.4, 0.5) is 0 Å². The Morgan fingerprint density at radius 2 is 2.50 bits per heavy atom. The van der Waals surface area contributed by atoms with Crippen molar-refractivity contribution in [3.8, 4) is 0 Å². The van der Waals surface area contributed by atoms with Gasteiger partial charge in [0.15, 0.2) is 0 Å². The summed E-state index contributed by atoms with van der Waals surface area (Å²) in [6.07, 6.45) is 6.29. The predicted molar refractivity (Wildman–Crippen MR) is 71.3 cm³/mol. The molecule has 1 aliphatic rings. The van der Waals surface area contributed by atoms with Crippen LogP contribution in [0.3, 0.4) is 0 Å². The zero-order valence-electron chi connectivity index (χ0n) is 9.69. The van der Waals surface area contributed by atoms with Crippen LogP contribution in [0.5, 0.6) is 0 Å². The van der Waals surface area contributed by atoms with Crippen LogP contribution in [-0.2, 0) is 12.8 Å². The van der Waals surface area contributed by atoms with Crippen molar-refractivity contribution in [1.29, 1.82) is 0 Å². The molecule has 0 spiro atoms. The monoisotopic (exact) mass is 257 g/mol. The first-order valence-electron chi connectivity index (χ1n) is 5.93. The molecule has 2 unspecified atom stereocenters. The van der Waals surface area contributed by atoms with Gasteiger partial charge in [0.25, 0.3) is 0 Å². The summed E-state index contributed by atoms with van der Waals surface area (Å²) in [4.78, 5) is 5.68. The molecule has 0 radical (unpaired) electrons. The van der Waals surface area contributed by atoms with E-state index in [0.717, 1.165) is 18.8 Å². The summed E-state index contributed by atoms with van der Waals surface area (Å²) in [5.41, 5.74) is 0. The summed E-state index contributed by atoms with van der Waals surface area (Å²) in [6.45, 7) is 1.83. The number of thioether (sulfide) groups is 1. The molecular weight excluding hydrogens is 238 g/mol. The fraction of sp³-hybridized carbons (Fsp3) is 0.750. The molecule has 1 saturated heterocycles. The maximum absolute atomic E-state index is 9.31. The SMILES string of the molecule is CC(O)Cc1cnc(CC2CCCSC2)s1. The largest absolute Gasteiger partial charge is 0.393 e. The number of thiazole rings is 1. The predicted octanol–water partition coefficient (Wildman–Crippen LogP) is 2.75. The molecule has 1 fully saturated rings. The summed E-state index contributed by atoms with van der Waals surface area (Å²) < 4.78 is 0. The summed E-state index contributed by atoms with van der Waals surface area (Å²) in [5, 5.41) is 10.6. The Hall–Kier alpha value is -0.0600. The highest BCUT2D eigenvalue weighted by Crippen LogP contribution is 2.27. The Labute approximate surface area is 105 Å². The number of hydrogen-bond acceptors (Lipinski definition) is 4. The Balaban J connectivity index is 1.86. The highest BCUT2D eigenvalue weighted by atomic mass is 32.2. The Bertz CT molecular complexity index is 319. The van der Waals surface area contributed by atoms with E-state index in [0.29, 0.717) is 0 Å². The van der Waals surface area contributed by atoms with Crippen molar-refractivity contribution < 1.29 is 5.11 Å². The molecule has 2 rings (SSSR count). The minimum absolute atomic E-state index is 0.251. The highest BCUT2D eigenvalue weighted by Gasteiger charge is 2.16. The molecule has 2 atom stereocenters. The molecule has 1 aromatic rings. The van der Waals surface area contributed by atoms with Gasteiger partial charge in [-0.25, -0.2) is 4.98 Å². The zero-order valence-corrected chi connectivity index (χ0v) is 11.3. The fourth-order valence-electron chi connectivity index (χ4n) is 2.04. The molecule has 2 heterocycles. The third-order valence-electron chi connectivity index (χ3n) is 2.82. The second-order valence-electron chi connectivity index (χ2n) is 4.56. The Morgan fingerprint density at radius 3 is 3.19 bits per heavy atom. The van der Waals surface area contributed by atoms with E-state index >= 15 is 0 Å². The molecule has 0 aromatic carbocycles. The van der Waals surface area contributed by atoms with Gasteiger partial charge in [0.1, 0.15) is 0 Å². The topological polar surface area (TPSA) is 33.1 Å². The lowest BCUT2D eigenvalue weighted by atomic mass is 10.0. The molecule has 90 valence electrons. The van der Waals surface area contributed by atoms with E-state index in [1.807, 2.05) is 13.1 Å². The molecule has 1 aromatic heterocycles. The van der Waals surface area contributed by atoms with Crippen molar-refractivity contribution in [3.63, 3.8) is 0 Å². The number of aliphatic hydroxyl groups is 1. The lowest BCUT2D eigenvalue weighted by Gasteiger charge is -2.19. The van der Waals surface area contributed by atoms with Crippen LogP contribution >= 0.6 is 23.1 Å². The van der Waals surface area contributed by atoms with Crippen molar-refractivity contribution in [3.05, 3.63) is 16.1 Å². The van der Waals surface area contributed by atoms with Gasteiger partial charge in [0, 0.05) is 23.9 Å². The van der Waals surface area contributed by atoms with Gasteiger partial charge in [-0.3, -0.25) is 0 Å². The van der Waals surface area contributed by atoms with Crippen molar-refractivity contribution in [1.82, 2.24) is 4.98 Å². The number of hydrogen-bond donors (Lipinski definition) is 1. The fourth-order valence-corrected chi connectivity index (χ4v) is 4.36. The van der Waals surface area contributed by atoms with Gasteiger partial charge in [-0.05, 0) is 37.2 Å². The molecule has 0 amide bonds. The van der Waals surface area contributed by atoms with E-state index in [1.165, 1.54) is 34.2 Å². The van der Waals surface area contributed by atoms with Gasteiger partial charge in [0.2, 0.25) is 0 Å². The van der Waals surface area contributed by atoms with Crippen molar-refractivity contribution in [2.45, 2.75) is 38.7 Å². The van der Waals surface area contributed by atoms with E-state index in [9.17, 15) is 5.11 Å². The summed E-state index contributed by atoms with van der Waals surface area (Å²) in [5.74, 6) is 3.46. The van der Waals surface area contributed by atoms with Crippen LogP contribution in [0.2, 0.25) is 0 Å². The lowest BCUT2D eigenvalue weighted by molar-refractivity contribution is 0.196. The van der Waals surface area contributed by atoms with Gasteiger partial charge in [-0.15, -0.1) is 11.3 Å². The molecule has 1 aliphatic heterocycles. The molecule has 16 heavy (non-hydrogen) atoms. The number of aromatic nitrogens is 1. The average Bonchev–Trinajstić information content (AvgIpc) is 2.66. The molecular formula is C12H19NOS2. The summed E-state index contributed by atoms with van der Waals surface area (Å²) >= 11 is 3.85. The second kappa shape index (κ2) is 6.03. The maximum atomic E-state index is 9.31. The maximum Gasteiger partial charge on any atom is 0.0930 e. The summed E-state index contributed by atoms with van der Waals surface area (Å²) in [6, 6.07) is 0. The van der Waals surface area contributed by atoms with Crippen molar-refractivity contribution in [2.24, 2.45) is 5.92 Å². The number of nitrogens with zero attached hydrogens (tertiary/aromatic N) is 1. The van der Waals surface area contributed by atoms with Gasteiger partial charge < -0.3 is 5.11 Å². The van der Waals surface area contributed by atoms with Gasteiger partial charge >= 0.3 is 0 Å². The van der Waals surface area contributed by atoms with E-state index in [2.05, 4.69) is 16.7 Å². The third kappa shape index (κ3) is 3.75. The van der Waals surface area contributed by atoms with Crippen LogP contribution in [0.1, 0.15) is 29.7 Å². The van der Waals surface area contributed by atoms with Crippen LogP contribution in [0, 0.1) is 5.92 Å². The normalized spacial score (nSPS) is 23.2. The van der Waals surface area contributed by atoms with Crippen LogP contribution in [0.25, 0.3) is 0 Å². The number of rotatable bonds is 4. The van der Waals surface area contributed by atoms with Crippen LogP contribution in [0.15, 0.2) is 6.20 Å².